The lowest BCUT2D eigenvalue weighted by molar-refractivity contribution is -0.120. The zero-order valence-corrected chi connectivity index (χ0v) is 16.8. The molecule has 2 heterocycles. The third-order valence-corrected chi connectivity index (χ3v) is 4.60. The fraction of sp³-hybridized carbons (Fsp3) is 0.190. The van der Waals surface area contributed by atoms with E-state index in [2.05, 4.69) is 20.6 Å². The van der Waals surface area contributed by atoms with E-state index >= 15 is 0 Å². The molecule has 0 aliphatic heterocycles. The minimum atomic E-state index is -3.29. The van der Waals surface area contributed by atoms with E-state index in [1.54, 1.807) is 6.07 Å². The van der Waals surface area contributed by atoms with E-state index in [0.29, 0.717) is 5.56 Å². The van der Waals surface area contributed by atoms with E-state index in [4.69, 9.17) is 11.6 Å². The molecular weight excluding hydrogens is 433 g/mol. The Balaban J connectivity index is 1.66. The number of hydrogen-bond donors (Lipinski definition) is 3. The highest BCUT2D eigenvalue weighted by atomic mass is 35.5. The molecule has 0 saturated heterocycles. The molecule has 0 fully saturated rings. The van der Waals surface area contributed by atoms with E-state index in [9.17, 15) is 23.1 Å². The molecule has 1 aromatic carbocycles. The number of alkyl halides is 2. The fourth-order valence-corrected chi connectivity index (χ4v) is 2.90. The molecule has 10 heteroatoms. The number of halogens is 4. The van der Waals surface area contributed by atoms with E-state index in [-0.39, 0.29) is 29.5 Å². The summed E-state index contributed by atoms with van der Waals surface area (Å²) in [6.07, 6.45) is 0.878. The number of carbonyl (C=O) groups is 1. The summed E-state index contributed by atoms with van der Waals surface area (Å²) in [5.41, 5.74) is -0.236. The number of hydrogen-bond acceptors (Lipinski definition) is 5. The van der Waals surface area contributed by atoms with Crippen LogP contribution in [0, 0.1) is 5.82 Å². The van der Waals surface area contributed by atoms with Gasteiger partial charge in [0.1, 0.15) is 17.3 Å². The number of rotatable bonds is 8. The number of nitrogens with one attached hydrogen (secondary N) is 2. The number of aromatic nitrogens is 2. The Bertz CT molecular complexity index is 1070. The maximum Gasteiger partial charge on any atom is 0.306 e. The van der Waals surface area contributed by atoms with Crippen LogP contribution in [-0.4, -0.2) is 27.5 Å². The van der Waals surface area contributed by atoms with Crippen molar-refractivity contribution in [1.82, 2.24) is 15.3 Å². The van der Waals surface area contributed by atoms with Crippen molar-refractivity contribution < 1.29 is 23.1 Å². The lowest BCUT2D eigenvalue weighted by Gasteiger charge is -2.17. The van der Waals surface area contributed by atoms with Crippen LogP contribution in [0.25, 0.3) is 0 Å². The summed E-state index contributed by atoms with van der Waals surface area (Å²) in [6.45, 7) is -0.884. The zero-order chi connectivity index (χ0) is 22.4. The van der Waals surface area contributed by atoms with Gasteiger partial charge < -0.3 is 15.7 Å². The average molecular weight is 451 g/mol. The zero-order valence-electron chi connectivity index (χ0n) is 16.1. The first-order valence-corrected chi connectivity index (χ1v) is 9.56. The van der Waals surface area contributed by atoms with Crippen molar-refractivity contribution in [2.24, 2.45) is 0 Å². The molecule has 2 aromatic heterocycles. The first-order valence-electron chi connectivity index (χ1n) is 9.18. The fourth-order valence-electron chi connectivity index (χ4n) is 2.69. The number of nitrogens with zero attached hydrogens (tertiary/aromatic N) is 2. The van der Waals surface area contributed by atoms with Crippen molar-refractivity contribution in [2.45, 2.75) is 18.9 Å². The molecule has 0 saturated carbocycles. The number of carbonyl (C=O) groups excluding carboxylic acids is 1. The lowest BCUT2D eigenvalue weighted by atomic mass is 10.2. The average Bonchev–Trinajstić information content (AvgIpc) is 2.76. The predicted molar refractivity (Wildman–Crippen MR) is 109 cm³/mol. The topological polar surface area (TPSA) is 87.1 Å². The Morgan fingerprint density at radius 2 is 1.90 bits per heavy atom. The summed E-state index contributed by atoms with van der Waals surface area (Å²) in [7, 11) is 0. The summed E-state index contributed by atoms with van der Waals surface area (Å²) >= 11 is 5.95. The van der Waals surface area contributed by atoms with Gasteiger partial charge in [-0.05, 0) is 18.2 Å². The Labute approximate surface area is 181 Å². The van der Waals surface area contributed by atoms with Gasteiger partial charge in [0.25, 0.3) is 0 Å². The van der Waals surface area contributed by atoms with Crippen molar-refractivity contribution in [2.75, 3.05) is 11.9 Å². The largest absolute Gasteiger partial charge is 0.505 e. The molecule has 3 rings (SSSR count). The molecule has 0 aliphatic rings. The monoisotopic (exact) mass is 450 g/mol. The van der Waals surface area contributed by atoms with E-state index < -0.39 is 35.6 Å². The van der Waals surface area contributed by atoms with Gasteiger partial charge in [0.2, 0.25) is 5.91 Å². The quantitative estimate of drug-likeness (QED) is 0.482. The molecule has 0 spiro atoms. The standard InChI is InChI=1S/C21H18ClF3N4O2/c22-14-9-18(28-12-21(24,25)17-7-3-4-8-26-17)29-16(20(14)31)10-19(30)27-11-13-5-1-2-6-15(13)23/h1-9,31H,10-12H2,(H,27,30)(H,28,29). The Kier molecular flexibility index (Phi) is 6.96. The van der Waals surface area contributed by atoms with Crippen molar-refractivity contribution in [3.05, 3.63) is 82.5 Å². The third kappa shape index (κ3) is 5.85. The van der Waals surface area contributed by atoms with Crippen molar-refractivity contribution in [1.29, 1.82) is 0 Å². The van der Waals surface area contributed by atoms with Crippen LogP contribution >= 0.6 is 11.6 Å². The first-order chi connectivity index (χ1) is 14.8. The van der Waals surface area contributed by atoms with Crippen molar-refractivity contribution in [3.63, 3.8) is 0 Å². The van der Waals surface area contributed by atoms with Crippen LogP contribution < -0.4 is 10.6 Å². The minimum Gasteiger partial charge on any atom is -0.505 e. The molecule has 31 heavy (non-hydrogen) atoms. The SMILES string of the molecule is O=C(Cc1nc(NCC(F)(F)c2ccccn2)cc(Cl)c1O)NCc1ccccc1F. The van der Waals surface area contributed by atoms with Crippen LogP contribution in [0.4, 0.5) is 19.0 Å². The van der Waals surface area contributed by atoms with Crippen molar-refractivity contribution >= 4 is 23.3 Å². The second kappa shape index (κ2) is 9.65. The maximum atomic E-state index is 14.3. The van der Waals surface area contributed by atoms with Gasteiger partial charge in [-0.15, -0.1) is 0 Å². The Morgan fingerprint density at radius 3 is 2.61 bits per heavy atom. The smallest absolute Gasteiger partial charge is 0.306 e. The Morgan fingerprint density at radius 1 is 1.16 bits per heavy atom. The number of pyridine rings is 2. The summed E-state index contributed by atoms with van der Waals surface area (Å²) < 4.78 is 42.2. The minimum absolute atomic E-state index is 0.0460. The van der Waals surface area contributed by atoms with E-state index in [1.165, 1.54) is 48.7 Å². The maximum absolute atomic E-state index is 14.3. The molecule has 0 radical (unpaired) electrons. The summed E-state index contributed by atoms with van der Waals surface area (Å²) in [5.74, 6) is -4.80. The van der Waals surface area contributed by atoms with Gasteiger partial charge in [0.05, 0.1) is 23.7 Å². The van der Waals surface area contributed by atoms with E-state index in [0.717, 1.165) is 0 Å². The molecular formula is C21H18ClF3N4O2. The van der Waals surface area contributed by atoms with Crippen molar-refractivity contribution in [3.8, 4) is 5.75 Å². The van der Waals surface area contributed by atoms with Gasteiger partial charge in [-0.3, -0.25) is 9.78 Å². The van der Waals surface area contributed by atoms with Crippen LogP contribution in [0.3, 0.4) is 0 Å². The molecule has 0 unspecified atom stereocenters. The highest BCUT2D eigenvalue weighted by Gasteiger charge is 2.33. The summed E-state index contributed by atoms with van der Waals surface area (Å²) in [6, 6.07) is 11.3. The molecule has 3 aromatic rings. The second-order valence-corrected chi connectivity index (χ2v) is 7.01. The third-order valence-electron chi connectivity index (χ3n) is 4.31. The molecule has 6 nitrogen and oxygen atoms in total. The highest BCUT2D eigenvalue weighted by Crippen LogP contribution is 2.31. The van der Waals surface area contributed by atoms with Gasteiger partial charge in [0, 0.05) is 24.4 Å². The van der Waals surface area contributed by atoms with Crippen LogP contribution in [0.2, 0.25) is 5.02 Å². The molecule has 162 valence electrons. The predicted octanol–water partition coefficient (Wildman–Crippen LogP) is 4.04. The first kappa shape index (κ1) is 22.4. The molecule has 0 atom stereocenters. The molecule has 3 N–H and O–H groups in total. The van der Waals surface area contributed by atoms with Crippen LogP contribution in [0.5, 0.6) is 5.75 Å². The second-order valence-electron chi connectivity index (χ2n) is 6.60. The van der Waals surface area contributed by atoms with Gasteiger partial charge >= 0.3 is 5.92 Å². The van der Waals surface area contributed by atoms with Crippen LogP contribution in [0.1, 0.15) is 17.0 Å². The summed E-state index contributed by atoms with van der Waals surface area (Å²) in [5, 5.41) is 14.9. The lowest BCUT2D eigenvalue weighted by Crippen LogP contribution is -2.27. The normalized spacial score (nSPS) is 11.2. The molecule has 0 aliphatic carbocycles. The van der Waals surface area contributed by atoms with Gasteiger partial charge in [-0.1, -0.05) is 35.9 Å². The van der Waals surface area contributed by atoms with Gasteiger partial charge in [-0.2, -0.15) is 8.78 Å². The van der Waals surface area contributed by atoms with Gasteiger partial charge in [0.15, 0.2) is 5.75 Å². The molecule has 1 amide bonds. The number of benzene rings is 1. The molecule has 0 bridgehead atoms. The van der Waals surface area contributed by atoms with Gasteiger partial charge in [-0.25, -0.2) is 9.37 Å². The number of aromatic hydroxyl groups is 1. The Hall–Kier alpha value is -3.33. The number of anilines is 1. The highest BCUT2D eigenvalue weighted by molar-refractivity contribution is 6.32. The van der Waals surface area contributed by atoms with E-state index in [1.807, 2.05) is 0 Å². The van der Waals surface area contributed by atoms with Crippen LogP contribution in [0.15, 0.2) is 54.7 Å². The number of amides is 1. The van der Waals surface area contributed by atoms with Crippen LogP contribution in [-0.2, 0) is 23.7 Å². The summed E-state index contributed by atoms with van der Waals surface area (Å²) in [4.78, 5) is 19.9.